The fraction of sp³-hybridized carbons (Fsp3) is 1.00. The fourth-order valence-electron chi connectivity index (χ4n) is 0.997. The van der Waals surface area contributed by atoms with Gasteiger partial charge in [-0.05, 0) is 47.3 Å². The van der Waals surface area contributed by atoms with Crippen LogP contribution in [0.4, 0.5) is 0 Å². The predicted octanol–water partition coefficient (Wildman–Crippen LogP) is 3.47. The first-order valence-electron chi connectivity index (χ1n) is 4.96. The van der Waals surface area contributed by atoms with E-state index in [1.54, 1.807) is 0 Å². The molecule has 0 aliphatic heterocycles. The van der Waals surface area contributed by atoms with Gasteiger partial charge in [0.25, 0.3) is 0 Å². The number of hydrogen-bond donors (Lipinski definition) is 0. The highest BCUT2D eigenvalue weighted by Gasteiger charge is 2.19. The van der Waals surface area contributed by atoms with Gasteiger partial charge >= 0.3 is 0 Å². The van der Waals surface area contributed by atoms with Crippen LogP contribution in [-0.2, 0) is 4.21 Å². The number of rotatable bonds is 5. The molecule has 0 saturated carbocycles. The van der Waals surface area contributed by atoms with E-state index in [-0.39, 0.29) is 0 Å². The predicted molar refractivity (Wildman–Crippen MR) is 64.9 cm³/mol. The summed E-state index contributed by atoms with van der Waals surface area (Å²) in [6, 6.07) is 1.16. The molecule has 1 unspecified atom stereocenters. The van der Waals surface area contributed by atoms with E-state index < -0.39 is 8.32 Å². The second-order valence-corrected chi connectivity index (χ2v) is 10.6. The van der Waals surface area contributed by atoms with Gasteiger partial charge in [-0.3, -0.25) is 4.67 Å². The van der Waals surface area contributed by atoms with Crippen molar-refractivity contribution in [3.63, 3.8) is 0 Å². The monoisotopic (exact) mass is 221 g/mol. The van der Waals surface area contributed by atoms with Gasteiger partial charge in [0.05, 0.1) is 8.96 Å². The van der Waals surface area contributed by atoms with E-state index in [1.165, 1.54) is 0 Å². The average molecular weight is 221 g/mol. The van der Waals surface area contributed by atoms with Crippen molar-refractivity contribution in [1.82, 2.24) is 4.67 Å². The van der Waals surface area contributed by atoms with Crippen LogP contribution in [0.2, 0.25) is 19.6 Å². The average Bonchev–Trinajstić information content (AvgIpc) is 1.82. The molecule has 4 heteroatoms. The minimum Gasteiger partial charge on any atom is -0.386 e. The van der Waals surface area contributed by atoms with E-state index in [2.05, 4.69) is 52.0 Å². The summed E-state index contributed by atoms with van der Waals surface area (Å²) >= 11 is 0. The first kappa shape index (κ1) is 13.6. The van der Waals surface area contributed by atoms with Gasteiger partial charge in [-0.2, -0.15) is 0 Å². The van der Waals surface area contributed by atoms with E-state index in [0.29, 0.717) is 21.0 Å². The van der Waals surface area contributed by atoms with Gasteiger partial charge in [0.15, 0.2) is 8.32 Å². The molecule has 0 aromatic heterocycles. The van der Waals surface area contributed by atoms with Crippen LogP contribution in [0, 0.1) is 0 Å². The zero-order valence-electron chi connectivity index (χ0n) is 10.0. The Morgan fingerprint density at radius 1 is 1.00 bits per heavy atom. The van der Waals surface area contributed by atoms with Gasteiger partial charge < -0.3 is 4.21 Å². The Balaban J connectivity index is 3.98. The number of nitrogens with zero attached hydrogens (tertiary/aromatic N) is 1. The van der Waals surface area contributed by atoms with Crippen LogP contribution in [0.25, 0.3) is 0 Å². The molecule has 0 N–H and O–H groups in total. The lowest BCUT2D eigenvalue weighted by molar-refractivity contribution is 0.309. The van der Waals surface area contributed by atoms with Crippen LogP contribution < -0.4 is 0 Å². The third-order valence-electron chi connectivity index (χ3n) is 1.57. The third kappa shape index (κ3) is 6.61. The first-order valence-corrected chi connectivity index (χ1v) is 9.22. The van der Waals surface area contributed by atoms with Gasteiger partial charge in [0, 0.05) is 12.1 Å². The zero-order chi connectivity index (χ0) is 10.6. The minimum absolute atomic E-state index is 0.530. The van der Waals surface area contributed by atoms with Gasteiger partial charge in [-0.15, -0.1) is 0 Å². The molecular weight excluding hydrogens is 197 g/mol. The molecule has 0 aliphatic rings. The second kappa shape index (κ2) is 5.45. The second-order valence-electron chi connectivity index (χ2n) is 4.90. The van der Waals surface area contributed by atoms with E-state index in [1.807, 2.05) is 0 Å². The summed E-state index contributed by atoms with van der Waals surface area (Å²) in [6.07, 6.45) is 0. The molecule has 0 bridgehead atoms. The molecule has 80 valence electrons. The van der Waals surface area contributed by atoms with Crippen molar-refractivity contribution < 1.29 is 4.21 Å². The molecule has 0 aromatic carbocycles. The summed E-state index contributed by atoms with van der Waals surface area (Å²) in [7, 11) is -0.811. The molecule has 0 aromatic rings. The number of hydrogen-bond acceptors (Lipinski definition) is 2. The summed E-state index contributed by atoms with van der Waals surface area (Å²) in [4.78, 5) is 0. The maximum Gasteiger partial charge on any atom is 0.190 e. The molecule has 0 aliphatic carbocycles. The van der Waals surface area contributed by atoms with Crippen molar-refractivity contribution in [2.45, 2.75) is 59.4 Å². The Labute approximate surface area is 86.1 Å². The van der Waals surface area contributed by atoms with Crippen LogP contribution in [0.15, 0.2) is 0 Å². The molecule has 0 rings (SSSR count). The largest absolute Gasteiger partial charge is 0.386 e. The SMILES string of the molecule is CC(C)N(PO[Si](C)(C)C)C(C)C. The molecule has 13 heavy (non-hydrogen) atoms. The Morgan fingerprint density at radius 2 is 1.38 bits per heavy atom. The maximum absolute atomic E-state index is 5.91. The molecule has 0 fully saturated rings. The lowest BCUT2D eigenvalue weighted by atomic mass is 10.3. The quantitative estimate of drug-likeness (QED) is 0.520. The van der Waals surface area contributed by atoms with Gasteiger partial charge in [0.1, 0.15) is 0 Å². The molecule has 0 heterocycles. The molecule has 1 atom stereocenters. The van der Waals surface area contributed by atoms with Crippen molar-refractivity contribution in [1.29, 1.82) is 0 Å². The third-order valence-corrected chi connectivity index (χ3v) is 5.63. The topological polar surface area (TPSA) is 12.5 Å². The summed E-state index contributed by atoms with van der Waals surface area (Å²) < 4.78 is 8.31. The molecule has 2 nitrogen and oxygen atoms in total. The molecular formula is C9H24NOPSi. The molecule has 0 radical (unpaired) electrons. The lowest BCUT2D eigenvalue weighted by Crippen LogP contribution is -2.32. The van der Waals surface area contributed by atoms with E-state index >= 15 is 0 Å². The summed E-state index contributed by atoms with van der Waals surface area (Å²) in [5.41, 5.74) is 0. The van der Waals surface area contributed by atoms with Crippen LogP contribution in [0.5, 0.6) is 0 Å². The molecule has 0 amide bonds. The maximum atomic E-state index is 5.91. The Morgan fingerprint density at radius 3 is 1.62 bits per heavy atom. The van der Waals surface area contributed by atoms with Gasteiger partial charge in [0.2, 0.25) is 0 Å². The fourth-order valence-corrected chi connectivity index (χ4v) is 2.94. The summed E-state index contributed by atoms with van der Waals surface area (Å²) in [6.45, 7) is 15.6. The zero-order valence-corrected chi connectivity index (χ0v) is 12.0. The highest BCUT2D eigenvalue weighted by atomic mass is 31.1. The van der Waals surface area contributed by atoms with Crippen LogP contribution >= 0.6 is 8.96 Å². The van der Waals surface area contributed by atoms with Gasteiger partial charge in [-0.1, -0.05) is 0 Å². The van der Waals surface area contributed by atoms with Crippen LogP contribution in [0.3, 0.4) is 0 Å². The van der Waals surface area contributed by atoms with E-state index in [0.717, 1.165) is 0 Å². The van der Waals surface area contributed by atoms with Crippen molar-refractivity contribution in [2.24, 2.45) is 0 Å². The van der Waals surface area contributed by atoms with Crippen LogP contribution in [-0.4, -0.2) is 25.1 Å². The highest BCUT2D eigenvalue weighted by molar-refractivity contribution is 7.32. The standard InChI is InChI=1S/C9H24NOPSi/c1-8(2)10(9(3)4)12-11-13(5,6)7/h8-9,12H,1-7H3. The minimum atomic E-state index is -1.34. The Bertz CT molecular complexity index is 137. The highest BCUT2D eigenvalue weighted by Crippen LogP contribution is 2.29. The summed E-state index contributed by atoms with van der Waals surface area (Å²) in [5, 5.41) is 0. The van der Waals surface area contributed by atoms with Gasteiger partial charge in [-0.25, -0.2) is 0 Å². The van der Waals surface area contributed by atoms with Crippen molar-refractivity contribution in [3.8, 4) is 0 Å². The van der Waals surface area contributed by atoms with Crippen molar-refractivity contribution in [2.75, 3.05) is 0 Å². The van der Waals surface area contributed by atoms with Crippen molar-refractivity contribution >= 4 is 17.3 Å². The smallest absolute Gasteiger partial charge is 0.190 e. The van der Waals surface area contributed by atoms with Crippen LogP contribution in [0.1, 0.15) is 27.7 Å². The first-order chi connectivity index (χ1) is 5.74. The Kier molecular flexibility index (Phi) is 5.69. The van der Waals surface area contributed by atoms with E-state index in [9.17, 15) is 0 Å². The van der Waals surface area contributed by atoms with Crippen molar-refractivity contribution in [3.05, 3.63) is 0 Å². The lowest BCUT2D eigenvalue weighted by Gasteiger charge is -2.32. The molecule has 0 spiro atoms. The molecule has 0 saturated heterocycles. The normalized spacial score (nSPS) is 14.3. The summed E-state index contributed by atoms with van der Waals surface area (Å²) in [5.74, 6) is 0. The Hall–Kier alpha value is 0.567. The van der Waals surface area contributed by atoms with E-state index in [4.69, 9.17) is 4.21 Å².